The number of non-ortho nitro benzene ring substituents is 1. The fourth-order valence-electron chi connectivity index (χ4n) is 2.14. The van der Waals surface area contributed by atoms with Crippen molar-refractivity contribution in [3.8, 4) is 17.2 Å². The Morgan fingerprint density at radius 1 is 1.18 bits per heavy atom. The molecule has 2 aromatic carbocycles. The van der Waals surface area contributed by atoms with Crippen LogP contribution in [0.2, 0.25) is 0 Å². The average Bonchev–Trinajstić information content (AvgIpc) is 2.68. The summed E-state index contributed by atoms with van der Waals surface area (Å²) in [6, 6.07) is 7.67. The summed E-state index contributed by atoms with van der Waals surface area (Å²) in [5.74, 6) is -0.889. The van der Waals surface area contributed by atoms with Crippen LogP contribution in [0.1, 0.15) is 15.9 Å². The summed E-state index contributed by atoms with van der Waals surface area (Å²) >= 11 is 0. The molecule has 0 fully saturated rings. The summed E-state index contributed by atoms with van der Waals surface area (Å²) in [5.41, 5.74) is 2.64. The highest BCUT2D eigenvalue weighted by Crippen LogP contribution is 2.39. The molecule has 28 heavy (non-hydrogen) atoms. The molecule has 0 bridgehead atoms. The van der Waals surface area contributed by atoms with Gasteiger partial charge in [0.05, 0.1) is 25.4 Å². The van der Waals surface area contributed by atoms with Crippen molar-refractivity contribution in [1.29, 1.82) is 0 Å². The molecular weight excluding hydrogens is 380 g/mol. The van der Waals surface area contributed by atoms with Crippen LogP contribution in [0, 0.1) is 10.1 Å². The highest BCUT2D eigenvalue weighted by molar-refractivity contribution is 5.95. The largest absolute Gasteiger partial charge is 0.493 e. The van der Waals surface area contributed by atoms with Gasteiger partial charge >= 0.3 is 6.61 Å². The van der Waals surface area contributed by atoms with Crippen LogP contribution in [-0.2, 0) is 0 Å². The number of hydrogen-bond donors (Lipinski definition) is 1. The van der Waals surface area contributed by atoms with E-state index in [-0.39, 0.29) is 28.5 Å². The van der Waals surface area contributed by atoms with Crippen molar-refractivity contribution < 1.29 is 32.7 Å². The highest BCUT2D eigenvalue weighted by Gasteiger charge is 2.17. The van der Waals surface area contributed by atoms with Gasteiger partial charge in [-0.3, -0.25) is 14.9 Å². The summed E-state index contributed by atoms with van der Waals surface area (Å²) in [6.45, 7) is -3.07. The first kappa shape index (κ1) is 20.6. The molecule has 0 radical (unpaired) electrons. The van der Waals surface area contributed by atoms with Gasteiger partial charge in [-0.15, -0.1) is 0 Å². The SMILES string of the molecule is COc1cc(/C=N\NC(=O)c2ccc([N+](=O)[O-])cc2)cc(OC)c1OC(F)F. The monoisotopic (exact) mass is 395 g/mol. The van der Waals surface area contributed by atoms with Gasteiger partial charge in [0.2, 0.25) is 5.75 Å². The number of benzene rings is 2. The minimum absolute atomic E-state index is 0.0113. The number of halogens is 2. The van der Waals surface area contributed by atoms with Crippen LogP contribution in [0.5, 0.6) is 17.2 Å². The summed E-state index contributed by atoms with van der Waals surface area (Å²) < 4.78 is 39.5. The number of hydrogen-bond acceptors (Lipinski definition) is 7. The van der Waals surface area contributed by atoms with Crippen molar-refractivity contribution in [3.05, 3.63) is 57.6 Å². The van der Waals surface area contributed by atoms with Crippen LogP contribution in [0.4, 0.5) is 14.5 Å². The van der Waals surface area contributed by atoms with Crippen molar-refractivity contribution >= 4 is 17.8 Å². The number of nitrogens with one attached hydrogen (secondary N) is 1. The first-order valence-electron chi connectivity index (χ1n) is 7.64. The molecule has 11 heteroatoms. The summed E-state index contributed by atoms with van der Waals surface area (Å²) in [6.07, 6.45) is 1.24. The average molecular weight is 395 g/mol. The predicted molar refractivity (Wildman–Crippen MR) is 94.3 cm³/mol. The maximum atomic E-state index is 12.5. The zero-order valence-electron chi connectivity index (χ0n) is 14.7. The first-order chi connectivity index (χ1) is 13.3. The lowest BCUT2D eigenvalue weighted by molar-refractivity contribution is -0.384. The van der Waals surface area contributed by atoms with Crippen molar-refractivity contribution in [3.63, 3.8) is 0 Å². The van der Waals surface area contributed by atoms with Gasteiger partial charge in [-0.25, -0.2) is 5.43 Å². The highest BCUT2D eigenvalue weighted by atomic mass is 19.3. The van der Waals surface area contributed by atoms with Crippen LogP contribution < -0.4 is 19.6 Å². The van der Waals surface area contributed by atoms with E-state index in [4.69, 9.17) is 9.47 Å². The number of nitro groups is 1. The topological polar surface area (TPSA) is 112 Å². The van der Waals surface area contributed by atoms with Gasteiger partial charge in [0, 0.05) is 23.3 Å². The quantitative estimate of drug-likeness (QED) is 0.418. The Bertz CT molecular complexity index is 862. The van der Waals surface area contributed by atoms with Crippen LogP contribution in [0.15, 0.2) is 41.5 Å². The Morgan fingerprint density at radius 2 is 1.75 bits per heavy atom. The minimum Gasteiger partial charge on any atom is -0.493 e. The lowest BCUT2D eigenvalue weighted by Crippen LogP contribution is -2.17. The van der Waals surface area contributed by atoms with Gasteiger partial charge < -0.3 is 14.2 Å². The number of hydrazone groups is 1. The molecule has 0 aliphatic rings. The van der Waals surface area contributed by atoms with Crippen LogP contribution in [-0.4, -0.2) is 37.9 Å². The van der Waals surface area contributed by atoms with Gasteiger partial charge in [-0.05, 0) is 24.3 Å². The molecule has 0 spiro atoms. The number of methoxy groups -OCH3 is 2. The molecule has 1 N–H and O–H groups in total. The number of amides is 1. The maximum Gasteiger partial charge on any atom is 0.387 e. The minimum atomic E-state index is -3.07. The lowest BCUT2D eigenvalue weighted by atomic mass is 10.2. The van der Waals surface area contributed by atoms with Crippen molar-refractivity contribution in [2.75, 3.05) is 14.2 Å². The van der Waals surface area contributed by atoms with Crippen LogP contribution in [0.25, 0.3) is 0 Å². The molecular formula is C17H15F2N3O6. The van der Waals surface area contributed by atoms with Gasteiger partial charge in [0.25, 0.3) is 11.6 Å². The number of nitrogens with zero attached hydrogens (tertiary/aromatic N) is 2. The Morgan fingerprint density at radius 3 is 2.21 bits per heavy atom. The molecule has 1 amide bonds. The van der Waals surface area contributed by atoms with E-state index < -0.39 is 17.4 Å². The number of ether oxygens (including phenoxy) is 3. The van der Waals surface area contributed by atoms with Gasteiger partial charge in [-0.2, -0.15) is 13.9 Å². The van der Waals surface area contributed by atoms with Crippen molar-refractivity contribution in [2.45, 2.75) is 6.61 Å². The molecule has 0 aliphatic carbocycles. The summed E-state index contributed by atoms with van der Waals surface area (Å²) in [7, 11) is 2.54. The zero-order chi connectivity index (χ0) is 20.7. The third-order valence-corrected chi connectivity index (χ3v) is 3.41. The van der Waals surface area contributed by atoms with Crippen LogP contribution >= 0.6 is 0 Å². The second-order valence-corrected chi connectivity index (χ2v) is 5.14. The Balaban J connectivity index is 2.14. The number of nitro benzene ring substituents is 1. The number of carbonyl (C=O) groups is 1. The standard InChI is InChI=1S/C17H15F2N3O6/c1-26-13-7-10(8-14(27-2)15(13)28-17(18)19)9-20-21-16(23)11-3-5-12(6-4-11)22(24)25/h3-9,17H,1-2H3,(H,21,23)/b20-9-. The molecule has 0 saturated heterocycles. The van der Waals surface area contributed by atoms with Crippen LogP contribution in [0.3, 0.4) is 0 Å². The van der Waals surface area contributed by atoms with E-state index in [0.717, 1.165) is 0 Å². The molecule has 0 aliphatic heterocycles. The maximum absolute atomic E-state index is 12.5. The van der Waals surface area contributed by atoms with Gasteiger partial charge in [0.15, 0.2) is 11.5 Å². The first-order valence-corrected chi connectivity index (χ1v) is 7.64. The van der Waals surface area contributed by atoms with Crippen molar-refractivity contribution in [1.82, 2.24) is 5.43 Å². The van der Waals surface area contributed by atoms with E-state index in [1.54, 1.807) is 0 Å². The van der Waals surface area contributed by atoms with Gasteiger partial charge in [0.1, 0.15) is 0 Å². The lowest BCUT2D eigenvalue weighted by Gasteiger charge is -2.14. The normalized spacial score (nSPS) is 10.8. The molecule has 0 heterocycles. The smallest absolute Gasteiger partial charge is 0.387 e. The third-order valence-electron chi connectivity index (χ3n) is 3.41. The number of rotatable bonds is 8. The summed E-state index contributed by atoms with van der Waals surface area (Å²) in [4.78, 5) is 22.0. The van der Waals surface area contributed by atoms with E-state index in [2.05, 4.69) is 15.3 Å². The number of carbonyl (C=O) groups excluding carboxylic acids is 1. The van der Waals surface area contributed by atoms with E-state index in [1.807, 2.05) is 0 Å². The Kier molecular flexibility index (Phi) is 6.79. The van der Waals surface area contributed by atoms with Crippen molar-refractivity contribution in [2.24, 2.45) is 5.10 Å². The molecule has 0 saturated carbocycles. The second kappa shape index (κ2) is 9.26. The van der Waals surface area contributed by atoms with E-state index >= 15 is 0 Å². The molecule has 9 nitrogen and oxygen atoms in total. The van der Waals surface area contributed by atoms with E-state index in [9.17, 15) is 23.7 Å². The molecule has 0 atom stereocenters. The summed E-state index contributed by atoms with van der Waals surface area (Å²) in [5, 5.41) is 14.4. The molecule has 0 unspecified atom stereocenters. The molecule has 2 aromatic rings. The Labute approximate surface area is 157 Å². The van der Waals surface area contributed by atoms with E-state index in [0.29, 0.717) is 5.56 Å². The Hall–Kier alpha value is -3.76. The fourth-order valence-corrected chi connectivity index (χ4v) is 2.14. The molecule has 0 aromatic heterocycles. The fraction of sp³-hybridized carbons (Fsp3) is 0.176. The predicted octanol–water partition coefficient (Wildman–Crippen LogP) is 2.98. The molecule has 2 rings (SSSR count). The van der Waals surface area contributed by atoms with E-state index in [1.165, 1.54) is 56.8 Å². The number of alkyl halides is 2. The zero-order valence-corrected chi connectivity index (χ0v) is 14.7. The third kappa shape index (κ3) is 5.13. The second-order valence-electron chi connectivity index (χ2n) is 5.14. The molecule has 148 valence electrons. The van der Waals surface area contributed by atoms with Gasteiger partial charge in [-0.1, -0.05) is 0 Å².